The largest absolute Gasteiger partial charge is 0.383 e. The summed E-state index contributed by atoms with van der Waals surface area (Å²) in [6, 6.07) is 6.19. The summed E-state index contributed by atoms with van der Waals surface area (Å²) < 4.78 is 26.6. The zero-order valence-corrected chi connectivity index (χ0v) is 12.2. The van der Waals surface area contributed by atoms with E-state index in [1.54, 1.807) is 19.1 Å². The Balaban J connectivity index is 2.08. The van der Waals surface area contributed by atoms with Gasteiger partial charge in [0.1, 0.15) is 17.2 Å². The number of rotatable bonds is 4. The van der Waals surface area contributed by atoms with E-state index in [0.29, 0.717) is 11.6 Å². The van der Waals surface area contributed by atoms with Crippen LogP contribution >= 0.6 is 0 Å². The number of aliphatic hydroxyl groups is 1. The normalized spacial score (nSPS) is 13.5. The van der Waals surface area contributed by atoms with Gasteiger partial charge in [-0.2, -0.15) is 0 Å². The quantitative estimate of drug-likeness (QED) is 0.911. The smallest absolute Gasteiger partial charge is 0.252 e. The summed E-state index contributed by atoms with van der Waals surface area (Å²) in [5.41, 5.74) is -0.639. The van der Waals surface area contributed by atoms with E-state index in [2.05, 4.69) is 10.3 Å². The standard InChI is InChI=1S/C16H16F2N2O2/c1-10-3-4-11(8-19-10)15(21)20-9-16(2,22)13-6-5-12(17)7-14(13)18/h3-8,22H,9H2,1-2H3,(H,20,21). The fraction of sp³-hybridized carbons (Fsp3) is 0.250. The van der Waals surface area contributed by atoms with Crippen molar-refractivity contribution >= 4 is 5.91 Å². The van der Waals surface area contributed by atoms with Gasteiger partial charge in [0.15, 0.2) is 0 Å². The van der Waals surface area contributed by atoms with Crippen LogP contribution in [-0.2, 0) is 5.60 Å². The number of hydrogen-bond acceptors (Lipinski definition) is 3. The van der Waals surface area contributed by atoms with E-state index in [9.17, 15) is 18.7 Å². The molecule has 0 aliphatic carbocycles. The molecule has 0 aliphatic heterocycles. The fourth-order valence-electron chi connectivity index (χ4n) is 1.98. The molecule has 2 rings (SSSR count). The molecule has 116 valence electrons. The highest BCUT2D eigenvalue weighted by Gasteiger charge is 2.27. The van der Waals surface area contributed by atoms with E-state index in [0.717, 1.165) is 17.8 Å². The monoisotopic (exact) mass is 306 g/mol. The maximum Gasteiger partial charge on any atom is 0.252 e. The Bertz CT molecular complexity index is 685. The van der Waals surface area contributed by atoms with Crippen LogP contribution in [0.15, 0.2) is 36.5 Å². The van der Waals surface area contributed by atoms with Crippen molar-refractivity contribution in [3.8, 4) is 0 Å². The summed E-state index contributed by atoms with van der Waals surface area (Å²) in [6.45, 7) is 2.92. The maximum atomic E-state index is 13.7. The number of nitrogens with zero attached hydrogens (tertiary/aromatic N) is 1. The lowest BCUT2D eigenvalue weighted by Crippen LogP contribution is -2.39. The Labute approximate surface area is 126 Å². The summed E-state index contributed by atoms with van der Waals surface area (Å²) in [5, 5.41) is 12.8. The third-order valence-electron chi connectivity index (χ3n) is 3.28. The van der Waals surface area contributed by atoms with E-state index in [1.165, 1.54) is 13.1 Å². The first-order valence-electron chi connectivity index (χ1n) is 6.68. The van der Waals surface area contributed by atoms with Crippen LogP contribution < -0.4 is 5.32 Å². The number of pyridine rings is 1. The molecule has 22 heavy (non-hydrogen) atoms. The SMILES string of the molecule is Cc1ccc(C(=O)NCC(C)(O)c2ccc(F)cc2F)cn1. The van der Waals surface area contributed by atoms with Crippen LogP contribution in [0.25, 0.3) is 0 Å². The predicted octanol–water partition coefficient (Wildman–Crippen LogP) is 2.31. The highest BCUT2D eigenvalue weighted by atomic mass is 19.1. The van der Waals surface area contributed by atoms with E-state index in [1.807, 2.05) is 0 Å². The second-order valence-corrected chi connectivity index (χ2v) is 5.27. The molecular weight excluding hydrogens is 290 g/mol. The van der Waals surface area contributed by atoms with Crippen molar-refractivity contribution in [1.29, 1.82) is 0 Å². The average molecular weight is 306 g/mol. The van der Waals surface area contributed by atoms with Gasteiger partial charge in [0.25, 0.3) is 5.91 Å². The predicted molar refractivity (Wildman–Crippen MR) is 77.2 cm³/mol. The molecule has 1 aromatic heterocycles. The van der Waals surface area contributed by atoms with E-state index >= 15 is 0 Å². The molecule has 0 fully saturated rings. The average Bonchev–Trinajstić information content (AvgIpc) is 2.45. The number of carbonyl (C=O) groups excluding carboxylic acids is 1. The lowest BCUT2D eigenvalue weighted by molar-refractivity contribution is 0.0494. The van der Waals surface area contributed by atoms with Crippen molar-refractivity contribution in [2.45, 2.75) is 19.4 Å². The first-order valence-corrected chi connectivity index (χ1v) is 6.68. The minimum atomic E-state index is -1.66. The van der Waals surface area contributed by atoms with Crippen molar-refractivity contribution < 1.29 is 18.7 Å². The van der Waals surface area contributed by atoms with E-state index < -0.39 is 23.1 Å². The molecule has 1 heterocycles. The number of hydrogen-bond donors (Lipinski definition) is 2. The summed E-state index contributed by atoms with van der Waals surface area (Å²) in [6.07, 6.45) is 1.41. The van der Waals surface area contributed by atoms with Gasteiger partial charge in [-0.25, -0.2) is 8.78 Å². The van der Waals surface area contributed by atoms with Crippen molar-refractivity contribution in [3.63, 3.8) is 0 Å². The fourth-order valence-corrected chi connectivity index (χ4v) is 1.98. The van der Waals surface area contributed by atoms with Crippen LogP contribution in [-0.4, -0.2) is 22.5 Å². The molecule has 0 aliphatic rings. The van der Waals surface area contributed by atoms with Crippen LogP contribution in [0, 0.1) is 18.6 Å². The Morgan fingerprint density at radius 3 is 2.64 bits per heavy atom. The summed E-state index contributed by atoms with van der Waals surface area (Å²) in [4.78, 5) is 16.0. The highest BCUT2D eigenvalue weighted by Crippen LogP contribution is 2.23. The van der Waals surface area contributed by atoms with Crippen LogP contribution in [0.1, 0.15) is 28.5 Å². The number of halogens is 2. The second kappa shape index (κ2) is 6.19. The third kappa shape index (κ3) is 3.65. The van der Waals surface area contributed by atoms with Gasteiger partial charge in [-0.05, 0) is 32.0 Å². The number of aromatic nitrogens is 1. The van der Waals surface area contributed by atoms with Gasteiger partial charge in [0.05, 0.1) is 12.1 Å². The molecular formula is C16H16F2N2O2. The second-order valence-electron chi connectivity index (χ2n) is 5.27. The molecule has 1 amide bonds. The van der Waals surface area contributed by atoms with Crippen LogP contribution in [0.5, 0.6) is 0 Å². The van der Waals surface area contributed by atoms with Gasteiger partial charge in [-0.15, -0.1) is 0 Å². The van der Waals surface area contributed by atoms with E-state index in [-0.39, 0.29) is 12.1 Å². The molecule has 0 radical (unpaired) electrons. The van der Waals surface area contributed by atoms with Crippen LogP contribution in [0.2, 0.25) is 0 Å². The molecule has 0 saturated heterocycles. The van der Waals surface area contributed by atoms with Gasteiger partial charge in [-0.3, -0.25) is 9.78 Å². The third-order valence-corrected chi connectivity index (χ3v) is 3.28. The minimum Gasteiger partial charge on any atom is -0.383 e. The molecule has 1 atom stereocenters. The Hall–Kier alpha value is -2.34. The van der Waals surface area contributed by atoms with Crippen LogP contribution in [0.4, 0.5) is 8.78 Å². The topological polar surface area (TPSA) is 62.2 Å². The van der Waals surface area contributed by atoms with Crippen molar-refractivity contribution in [2.24, 2.45) is 0 Å². The zero-order chi connectivity index (χ0) is 16.3. The molecule has 4 nitrogen and oxygen atoms in total. The lowest BCUT2D eigenvalue weighted by atomic mass is 9.95. The van der Waals surface area contributed by atoms with Crippen LogP contribution in [0.3, 0.4) is 0 Å². The number of aryl methyl sites for hydroxylation is 1. The van der Waals surface area contributed by atoms with Crippen molar-refractivity contribution in [1.82, 2.24) is 10.3 Å². The first kappa shape index (κ1) is 16.0. The number of carbonyl (C=O) groups is 1. The van der Waals surface area contributed by atoms with Gasteiger partial charge < -0.3 is 10.4 Å². The van der Waals surface area contributed by atoms with Gasteiger partial charge >= 0.3 is 0 Å². The number of benzene rings is 1. The molecule has 0 spiro atoms. The Morgan fingerprint density at radius 2 is 2.05 bits per heavy atom. The molecule has 1 aromatic carbocycles. The maximum absolute atomic E-state index is 13.7. The molecule has 1 unspecified atom stereocenters. The summed E-state index contributed by atoms with van der Waals surface area (Å²) in [7, 11) is 0. The van der Waals surface area contributed by atoms with Gasteiger partial charge in [0, 0.05) is 23.5 Å². The van der Waals surface area contributed by atoms with Crippen molar-refractivity contribution in [3.05, 3.63) is 65.0 Å². The molecule has 0 bridgehead atoms. The molecule has 0 saturated carbocycles. The van der Waals surface area contributed by atoms with Crippen molar-refractivity contribution in [2.75, 3.05) is 6.54 Å². The zero-order valence-electron chi connectivity index (χ0n) is 12.2. The van der Waals surface area contributed by atoms with Gasteiger partial charge in [0.2, 0.25) is 0 Å². The lowest BCUT2D eigenvalue weighted by Gasteiger charge is -2.24. The minimum absolute atomic E-state index is 0.0868. The first-order chi connectivity index (χ1) is 10.3. The molecule has 6 heteroatoms. The summed E-state index contributed by atoms with van der Waals surface area (Å²) in [5.74, 6) is -2.03. The Morgan fingerprint density at radius 1 is 1.32 bits per heavy atom. The molecule has 2 N–H and O–H groups in total. The highest BCUT2D eigenvalue weighted by molar-refractivity contribution is 5.93. The number of amides is 1. The number of nitrogens with one attached hydrogen (secondary N) is 1. The van der Waals surface area contributed by atoms with E-state index in [4.69, 9.17) is 0 Å². The van der Waals surface area contributed by atoms with Gasteiger partial charge in [-0.1, -0.05) is 6.07 Å². The summed E-state index contributed by atoms with van der Waals surface area (Å²) >= 11 is 0. The Kier molecular flexibility index (Phi) is 4.51. The molecule has 2 aromatic rings.